The first-order chi connectivity index (χ1) is 6.54. The third kappa shape index (κ3) is 3.59. The highest BCUT2D eigenvalue weighted by Gasteiger charge is 2.15. The van der Waals surface area contributed by atoms with Crippen LogP contribution in [-0.2, 0) is 4.79 Å². The molecule has 1 rings (SSSR count). The first-order valence-corrected chi connectivity index (χ1v) is 7.90. The Labute approximate surface area is 87.2 Å². The molecule has 0 amide bonds. The van der Waals surface area contributed by atoms with E-state index in [2.05, 4.69) is 37.7 Å². The van der Waals surface area contributed by atoms with Crippen LogP contribution in [0.15, 0.2) is 24.3 Å². The fraction of sp³-hybridized carbons (Fsp3) is 0.250. The zero-order chi connectivity index (χ0) is 11.2. The molecule has 0 fully saturated rings. The third-order valence-corrected chi connectivity index (χ3v) is 3.98. The standard InChI is InChI=1S/C11H14Si.CH2O/c1-5-10-6-8-11(9-7-10)12(2,3)4;1-2/h1,6-9H,2-4H3;1H2. The normalized spacial score (nSPS) is 9.57. The van der Waals surface area contributed by atoms with Crippen molar-refractivity contribution in [3.8, 4) is 12.3 Å². The number of benzene rings is 1. The lowest BCUT2D eigenvalue weighted by atomic mass is 10.2. The lowest BCUT2D eigenvalue weighted by molar-refractivity contribution is -0.0979. The summed E-state index contributed by atoms with van der Waals surface area (Å²) < 4.78 is 0. The van der Waals surface area contributed by atoms with Gasteiger partial charge in [0.1, 0.15) is 6.79 Å². The highest BCUT2D eigenvalue weighted by atomic mass is 28.3. The van der Waals surface area contributed by atoms with Crippen molar-refractivity contribution in [1.29, 1.82) is 0 Å². The SMILES string of the molecule is C#Cc1ccc([Si](C)(C)C)cc1.C=O. The Kier molecular flexibility index (Phi) is 4.89. The summed E-state index contributed by atoms with van der Waals surface area (Å²) in [6, 6.07) is 8.35. The average molecular weight is 204 g/mol. The van der Waals surface area contributed by atoms with Crippen LogP contribution in [0.2, 0.25) is 19.6 Å². The molecule has 0 aromatic heterocycles. The van der Waals surface area contributed by atoms with Gasteiger partial charge in [-0.05, 0) is 12.1 Å². The van der Waals surface area contributed by atoms with Crippen molar-refractivity contribution in [3.63, 3.8) is 0 Å². The van der Waals surface area contributed by atoms with Crippen molar-refractivity contribution in [2.75, 3.05) is 0 Å². The second-order valence-corrected chi connectivity index (χ2v) is 9.05. The lowest BCUT2D eigenvalue weighted by Crippen LogP contribution is -2.37. The van der Waals surface area contributed by atoms with Gasteiger partial charge < -0.3 is 4.79 Å². The van der Waals surface area contributed by atoms with Crippen molar-refractivity contribution in [2.24, 2.45) is 0 Å². The summed E-state index contributed by atoms with van der Waals surface area (Å²) >= 11 is 0. The van der Waals surface area contributed by atoms with Gasteiger partial charge in [0.15, 0.2) is 0 Å². The van der Waals surface area contributed by atoms with E-state index in [0.29, 0.717) is 0 Å². The molecule has 0 saturated carbocycles. The molecule has 0 unspecified atom stereocenters. The van der Waals surface area contributed by atoms with Crippen LogP contribution in [0.4, 0.5) is 0 Å². The topological polar surface area (TPSA) is 17.1 Å². The van der Waals surface area contributed by atoms with Crippen LogP contribution in [0.5, 0.6) is 0 Å². The molecule has 0 aliphatic carbocycles. The van der Waals surface area contributed by atoms with Crippen molar-refractivity contribution in [1.82, 2.24) is 0 Å². The lowest BCUT2D eigenvalue weighted by Gasteiger charge is -2.15. The predicted octanol–water partition coefficient (Wildman–Crippen LogP) is 2.03. The minimum Gasteiger partial charge on any atom is -0.307 e. The molecule has 0 saturated heterocycles. The number of rotatable bonds is 1. The smallest absolute Gasteiger partial charge is 0.106 e. The van der Waals surface area contributed by atoms with Crippen LogP contribution in [0.25, 0.3) is 0 Å². The summed E-state index contributed by atoms with van der Waals surface area (Å²) in [7, 11) is -1.14. The summed E-state index contributed by atoms with van der Waals surface area (Å²) in [6.07, 6.45) is 5.27. The maximum absolute atomic E-state index is 8.00. The van der Waals surface area contributed by atoms with Crippen molar-refractivity contribution >= 4 is 20.0 Å². The summed E-state index contributed by atoms with van der Waals surface area (Å²) in [4.78, 5) is 8.00. The number of carbonyl (C=O) groups excluding carboxylic acids is 1. The van der Waals surface area contributed by atoms with E-state index in [0.717, 1.165) is 5.56 Å². The molecule has 1 nitrogen and oxygen atoms in total. The molecule has 0 atom stereocenters. The van der Waals surface area contributed by atoms with Crippen molar-refractivity contribution < 1.29 is 4.79 Å². The van der Waals surface area contributed by atoms with Gasteiger partial charge in [0, 0.05) is 5.56 Å². The van der Waals surface area contributed by atoms with E-state index < -0.39 is 8.07 Å². The zero-order valence-electron chi connectivity index (χ0n) is 9.00. The number of terminal acetylenes is 1. The molecule has 74 valence electrons. The van der Waals surface area contributed by atoms with Gasteiger partial charge in [0.05, 0.1) is 8.07 Å². The first kappa shape index (κ1) is 12.7. The Morgan fingerprint density at radius 1 is 1.14 bits per heavy atom. The van der Waals surface area contributed by atoms with Crippen LogP contribution in [0.1, 0.15) is 5.56 Å². The molecule has 0 heterocycles. The first-order valence-electron chi connectivity index (χ1n) is 4.40. The molecule has 0 spiro atoms. The second-order valence-electron chi connectivity index (χ2n) is 3.97. The van der Waals surface area contributed by atoms with Crippen LogP contribution in [-0.4, -0.2) is 14.9 Å². The van der Waals surface area contributed by atoms with Crippen molar-refractivity contribution in [2.45, 2.75) is 19.6 Å². The Balaban J connectivity index is 0.000000791. The zero-order valence-corrected chi connectivity index (χ0v) is 10.0. The van der Waals surface area contributed by atoms with Gasteiger partial charge in [-0.15, -0.1) is 6.42 Å². The van der Waals surface area contributed by atoms with Gasteiger partial charge in [-0.25, -0.2) is 0 Å². The Morgan fingerprint density at radius 2 is 1.57 bits per heavy atom. The van der Waals surface area contributed by atoms with E-state index >= 15 is 0 Å². The van der Waals surface area contributed by atoms with Crippen LogP contribution >= 0.6 is 0 Å². The highest BCUT2D eigenvalue weighted by molar-refractivity contribution is 6.88. The van der Waals surface area contributed by atoms with Crippen molar-refractivity contribution in [3.05, 3.63) is 29.8 Å². The van der Waals surface area contributed by atoms with Gasteiger partial charge >= 0.3 is 0 Å². The molecule has 0 aliphatic heterocycles. The fourth-order valence-corrected chi connectivity index (χ4v) is 2.23. The molecule has 0 N–H and O–H groups in total. The monoisotopic (exact) mass is 204 g/mol. The quantitative estimate of drug-likeness (QED) is 0.505. The molecule has 2 heteroatoms. The summed E-state index contributed by atoms with van der Waals surface area (Å²) in [6.45, 7) is 8.99. The van der Waals surface area contributed by atoms with E-state index in [1.807, 2.05) is 18.9 Å². The van der Waals surface area contributed by atoms with Gasteiger partial charge in [-0.1, -0.05) is 42.9 Å². The molecule has 1 aromatic rings. The molecule has 0 bridgehead atoms. The summed E-state index contributed by atoms with van der Waals surface area (Å²) in [5, 5.41) is 1.46. The van der Waals surface area contributed by atoms with Gasteiger partial charge in [0.2, 0.25) is 0 Å². The van der Waals surface area contributed by atoms with E-state index in [1.165, 1.54) is 5.19 Å². The number of carbonyl (C=O) groups is 1. The molecular formula is C12H16OSi. The summed E-state index contributed by atoms with van der Waals surface area (Å²) in [5.41, 5.74) is 0.969. The largest absolute Gasteiger partial charge is 0.307 e. The van der Waals surface area contributed by atoms with E-state index in [-0.39, 0.29) is 0 Å². The fourth-order valence-electron chi connectivity index (χ4n) is 1.07. The Bertz CT molecular complexity index is 314. The van der Waals surface area contributed by atoms with Gasteiger partial charge in [-0.3, -0.25) is 0 Å². The maximum Gasteiger partial charge on any atom is 0.106 e. The predicted molar refractivity (Wildman–Crippen MR) is 64.5 cm³/mol. The number of hydrogen-bond donors (Lipinski definition) is 0. The minimum absolute atomic E-state index is 0.969. The highest BCUT2D eigenvalue weighted by Crippen LogP contribution is 2.03. The molecular weight excluding hydrogens is 188 g/mol. The second kappa shape index (κ2) is 5.41. The van der Waals surface area contributed by atoms with Gasteiger partial charge in [0.25, 0.3) is 0 Å². The number of hydrogen-bond acceptors (Lipinski definition) is 1. The maximum atomic E-state index is 8.00. The molecule has 1 aromatic carbocycles. The third-order valence-electron chi connectivity index (χ3n) is 1.92. The average Bonchev–Trinajstić information content (AvgIpc) is 2.20. The van der Waals surface area contributed by atoms with Crippen LogP contribution in [0.3, 0.4) is 0 Å². The van der Waals surface area contributed by atoms with Crippen LogP contribution < -0.4 is 5.19 Å². The molecule has 14 heavy (non-hydrogen) atoms. The van der Waals surface area contributed by atoms with E-state index in [1.54, 1.807) is 0 Å². The summed E-state index contributed by atoms with van der Waals surface area (Å²) in [5.74, 6) is 2.62. The molecule has 0 radical (unpaired) electrons. The van der Waals surface area contributed by atoms with E-state index in [4.69, 9.17) is 11.2 Å². The Morgan fingerprint density at radius 3 is 1.86 bits per heavy atom. The molecule has 0 aliphatic rings. The van der Waals surface area contributed by atoms with Gasteiger partial charge in [-0.2, -0.15) is 0 Å². The Hall–Kier alpha value is -1.33. The van der Waals surface area contributed by atoms with Crippen LogP contribution in [0, 0.1) is 12.3 Å². The van der Waals surface area contributed by atoms with E-state index in [9.17, 15) is 0 Å². The minimum atomic E-state index is -1.14.